The number of rotatable bonds is 6. The number of hydrogen-bond acceptors (Lipinski definition) is 4. The third kappa shape index (κ3) is 3.52. The zero-order valence-corrected chi connectivity index (χ0v) is 12.8. The molecule has 0 fully saturated rings. The summed E-state index contributed by atoms with van der Waals surface area (Å²) in [6.45, 7) is 2.85. The number of pyridine rings is 1. The van der Waals surface area contributed by atoms with Crippen LogP contribution in [-0.4, -0.2) is 25.7 Å². The molecule has 1 aromatic heterocycles. The van der Waals surface area contributed by atoms with Crippen molar-refractivity contribution in [3.05, 3.63) is 42.2 Å². The molecule has 0 aliphatic rings. The molecule has 0 spiro atoms. The van der Waals surface area contributed by atoms with Crippen molar-refractivity contribution in [3.8, 4) is 22.6 Å². The lowest BCUT2D eigenvalue weighted by atomic mass is 9.96. The predicted octanol–water partition coefficient (Wildman–Crippen LogP) is 3.22. The number of nitrogens with zero attached hydrogens (tertiary/aromatic N) is 1. The first kappa shape index (κ1) is 15.3. The highest BCUT2D eigenvalue weighted by atomic mass is 16.5. The molecule has 0 radical (unpaired) electrons. The molecular weight excluding hydrogens is 264 g/mol. The average molecular weight is 286 g/mol. The predicted molar refractivity (Wildman–Crippen MR) is 84.9 cm³/mol. The van der Waals surface area contributed by atoms with Crippen LogP contribution in [0.2, 0.25) is 0 Å². The Kier molecular flexibility index (Phi) is 5.17. The van der Waals surface area contributed by atoms with Gasteiger partial charge in [-0.15, -0.1) is 0 Å². The van der Waals surface area contributed by atoms with Gasteiger partial charge in [-0.3, -0.25) is 4.98 Å². The van der Waals surface area contributed by atoms with E-state index in [0.717, 1.165) is 29.0 Å². The summed E-state index contributed by atoms with van der Waals surface area (Å²) in [4.78, 5) is 4.35. The highest BCUT2D eigenvalue weighted by Crippen LogP contribution is 2.33. The molecule has 2 aromatic rings. The molecule has 0 bridgehead atoms. The normalized spacial score (nSPS) is 12.0. The molecular formula is C17H22N2O2. The van der Waals surface area contributed by atoms with Gasteiger partial charge in [0.15, 0.2) is 11.5 Å². The second-order valence-electron chi connectivity index (χ2n) is 5.06. The molecule has 4 nitrogen and oxygen atoms in total. The number of methoxy groups -OCH3 is 2. The minimum absolute atomic E-state index is 0.405. The van der Waals surface area contributed by atoms with Crippen LogP contribution >= 0.6 is 0 Å². The minimum atomic E-state index is 0.405. The molecule has 21 heavy (non-hydrogen) atoms. The van der Waals surface area contributed by atoms with Gasteiger partial charge in [-0.05, 0) is 48.2 Å². The Bertz CT molecular complexity index is 599. The molecule has 0 amide bonds. The summed E-state index contributed by atoms with van der Waals surface area (Å²) in [7, 11) is 3.27. The summed E-state index contributed by atoms with van der Waals surface area (Å²) in [5, 5.41) is 0. The Morgan fingerprint density at radius 2 is 1.81 bits per heavy atom. The summed E-state index contributed by atoms with van der Waals surface area (Å²) in [6, 6.07) is 8.04. The van der Waals surface area contributed by atoms with E-state index < -0.39 is 0 Å². The Morgan fingerprint density at radius 1 is 1.05 bits per heavy atom. The summed E-state index contributed by atoms with van der Waals surface area (Å²) in [5.41, 5.74) is 8.96. The van der Waals surface area contributed by atoms with Crippen LogP contribution in [0.5, 0.6) is 11.5 Å². The van der Waals surface area contributed by atoms with E-state index in [2.05, 4.69) is 18.0 Å². The average Bonchev–Trinajstić information content (AvgIpc) is 2.54. The van der Waals surface area contributed by atoms with Gasteiger partial charge in [0.1, 0.15) is 0 Å². The van der Waals surface area contributed by atoms with E-state index >= 15 is 0 Å². The quantitative estimate of drug-likeness (QED) is 0.886. The number of hydrogen-bond donors (Lipinski definition) is 1. The fourth-order valence-corrected chi connectivity index (χ4v) is 2.32. The van der Waals surface area contributed by atoms with Gasteiger partial charge in [-0.2, -0.15) is 0 Å². The van der Waals surface area contributed by atoms with Crippen LogP contribution in [-0.2, 0) is 0 Å². The maximum Gasteiger partial charge on any atom is 0.161 e. The van der Waals surface area contributed by atoms with Gasteiger partial charge >= 0.3 is 0 Å². The molecule has 2 N–H and O–H groups in total. The third-order valence-electron chi connectivity index (χ3n) is 3.64. The fraction of sp³-hybridized carbons (Fsp3) is 0.353. The molecule has 1 heterocycles. The molecule has 0 saturated carbocycles. The van der Waals surface area contributed by atoms with Crippen molar-refractivity contribution in [1.82, 2.24) is 4.98 Å². The minimum Gasteiger partial charge on any atom is -0.493 e. The van der Waals surface area contributed by atoms with Gasteiger partial charge in [0.25, 0.3) is 0 Å². The Hall–Kier alpha value is -2.07. The van der Waals surface area contributed by atoms with E-state index in [9.17, 15) is 0 Å². The summed E-state index contributed by atoms with van der Waals surface area (Å²) >= 11 is 0. The number of aromatic nitrogens is 1. The summed E-state index contributed by atoms with van der Waals surface area (Å²) in [6.07, 6.45) is 4.72. The van der Waals surface area contributed by atoms with E-state index in [1.54, 1.807) is 14.2 Å². The van der Waals surface area contributed by atoms with Crippen molar-refractivity contribution in [1.29, 1.82) is 0 Å². The van der Waals surface area contributed by atoms with Crippen molar-refractivity contribution in [2.45, 2.75) is 19.3 Å². The summed E-state index contributed by atoms with van der Waals surface area (Å²) in [5.74, 6) is 1.85. The smallest absolute Gasteiger partial charge is 0.161 e. The Labute approximate surface area is 125 Å². The van der Waals surface area contributed by atoms with E-state index in [4.69, 9.17) is 15.2 Å². The molecule has 112 valence electrons. The molecule has 0 saturated heterocycles. The first-order valence-electron chi connectivity index (χ1n) is 7.07. The Morgan fingerprint density at radius 3 is 2.48 bits per heavy atom. The van der Waals surface area contributed by atoms with Gasteiger partial charge < -0.3 is 15.2 Å². The lowest BCUT2D eigenvalue weighted by Crippen LogP contribution is -2.04. The van der Waals surface area contributed by atoms with Gasteiger partial charge in [-0.1, -0.05) is 13.0 Å². The molecule has 1 aromatic carbocycles. The monoisotopic (exact) mass is 286 g/mol. The maximum absolute atomic E-state index is 5.63. The highest BCUT2D eigenvalue weighted by molar-refractivity contribution is 5.67. The SMILES string of the molecule is COc1ccc(-c2cncc(C(C)CCN)c2)cc1OC. The van der Waals surface area contributed by atoms with Crippen molar-refractivity contribution in [2.75, 3.05) is 20.8 Å². The number of benzene rings is 1. The fourth-order valence-electron chi connectivity index (χ4n) is 2.32. The summed E-state index contributed by atoms with van der Waals surface area (Å²) < 4.78 is 10.6. The number of nitrogens with two attached hydrogens (primary N) is 1. The highest BCUT2D eigenvalue weighted by Gasteiger charge is 2.09. The largest absolute Gasteiger partial charge is 0.493 e. The van der Waals surface area contributed by atoms with Crippen LogP contribution in [0.3, 0.4) is 0 Å². The lowest BCUT2D eigenvalue weighted by molar-refractivity contribution is 0.355. The van der Waals surface area contributed by atoms with Crippen LogP contribution in [0.1, 0.15) is 24.8 Å². The number of ether oxygens (including phenoxy) is 2. The van der Waals surface area contributed by atoms with Gasteiger partial charge in [-0.25, -0.2) is 0 Å². The molecule has 2 rings (SSSR count). The zero-order valence-electron chi connectivity index (χ0n) is 12.8. The first-order valence-corrected chi connectivity index (χ1v) is 7.07. The second-order valence-corrected chi connectivity index (χ2v) is 5.06. The molecule has 1 unspecified atom stereocenters. The van der Waals surface area contributed by atoms with Crippen LogP contribution in [0.25, 0.3) is 11.1 Å². The first-order chi connectivity index (χ1) is 10.2. The van der Waals surface area contributed by atoms with E-state index in [0.29, 0.717) is 12.5 Å². The van der Waals surface area contributed by atoms with Crippen molar-refractivity contribution >= 4 is 0 Å². The van der Waals surface area contributed by atoms with Gasteiger partial charge in [0, 0.05) is 18.0 Å². The van der Waals surface area contributed by atoms with E-state index in [1.807, 2.05) is 30.6 Å². The molecule has 0 aliphatic carbocycles. The maximum atomic E-state index is 5.63. The topological polar surface area (TPSA) is 57.4 Å². The van der Waals surface area contributed by atoms with Crippen LogP contribution in [0, 0.1) is 0 Å². The standard InChI is InChI=1S/C17H22N2O2/c1-12(6-7-18)14-8-15(11-19-10-14)13-4-5-16(20-2)17(9-13)21-3/h4-5,8-12H,6-7,18H2,1-3H3. The lowest BCUT2D eigenvalue weighted by Gasteiger charge is -2.13. The van der Waals surface area contributed by atoms with Crippen molar-refractivity contribution < 1.29 is 9.47 Å². The van der Waals surface area contributed by atoms with Crippen LogP contribution < -0.4 is 15.2 Å². The molecule has 4 heteroatoms. The van der Waals surface area contributed by atoms with Crippen LogP contribution in [0.4, 0.5) is 0 Å². The van der Waals surface area contributed by atoms with Crippen molar-refractivity contribution in [3.63, 3.8) is 0 Å². The molecule has 1 atom stereocenters. The third-order valence-corrected chi connectivity index (χ3v) is 3.64. The van der Waals surface area contributed by atoms with E-state index in [-0.39, 0.29) is 0 Å². The zero-order chi connectivity index (χ0) is 15.2. The van der Waals surface area contributed by atoms with Crippen molar-refractivity contribution in [2.24, 2.45) is 5.73 Å². The van der Waals surface area contributed by atoms with Gasteiger partial charge in [0.2, 0.25) is 0 Å². The molecule has 0 aliphatic heterocycles. The van der Waals surface area contributed by atoms with Crippen LogP contribution in [0.15, 0.2) is 36.7 Å². The Balaban J connectivity index is 2.36. The van der Waals surface area contributed by atoms with E-state index in [1.165, 1.54) is 5.56 Å². The second kappa shape index (κ2) is 7.09. The van der Waals surface area contributed by atoms with Gasteiger partial charge in [0.05, 0.1) is 14.2 Å².